The summed E-state index contributed by atoms with van der Waals surface area (Å²) in [6, 6.07) is 13.0. The molecule has 1 heteroatoms. The van der Waals surface area contributed by atoms with E-state index in [4.69, 9.17) is 0 Å². The zero-order valence-corrected chi connectivity index (χ0v) is 12.2. The van der Waals surface area contributed by atoms with Gasteiger partial charge in [-0.3, -0.25) is 0 Å². The molecule has 0 radical (unpaired) electrons. The van der Waals surface area contributed by atoms with Crippen LogP contribution < -0.4 is 0 Å². The molecule has 18 heavy (non-hydrogen) atoms. The van der Waals surface area contributed by atoms with E-state index < -0.39 is 0 Å². The molecule has 3 rings (SSSR count). The molecule has 2 aromatic carbocycles. The molecule has 0 fully saturated rings. The van der Waals surface area contributed by atoms with E-state index in [2.05, 4.69) is 72.3 Å². The molecule has 0 unspecified atom stereocenters. The van der Waals surface area contributed by atoms with Gasteiger partial charge in [0, 0.05) is 10.0 Å². The van der Waals surface area contributed by atoms with Crippen LogP contribution in [0, 0.1) is 6.92 Å². The second kappa shape index (κ2) is 4.40. The zero-order valence-electron chi connectivity index (χ0n) is 10.6. The third-order valence-electron chi connectivity index (χ3n) is 3.57. The lowest BCUT2D eigenvalue weighted by Crippen LogP contribution is -1.93. The van der Waals surface area contributed by atoms with Crippen LogP contribution in [-0.2, 0) is 6.42 Å². The van der Waals surface area contributed by atoms with Crippen LogP contribution in [0.4, 0.5) is 0 Å². The van der Waals surface area contributed by atoms with Crippen molar-refractivity contribution in [3.8, 4) is 11.1 Å². The Morgan fingerprint density at radius 2 is 1.78 bits per heavy atom. The Labute approximate surface area is 116 Å². The van der Waals surface area contributed by atoms with E-state index in [1.54, 1.807) is 0 Å². The predicted octanol–water partition coefficient (Wildman–Crippen LogP) is 5.38. The molecule has 0 bridgehead atoms. The molecule has 0 heterocycles. The molecule has 0 N–H and O–H groups in total. The van der Waals surface area contributed by atoms with E-state index in [1.165, 1.54) is 37.9 Å². The fourth-order valence-electron chi connectivity index (χ4n) is 2.70. The number of hydrogen-bond donors (Lipinski definition) is 0. The fourth-order valence-corrected chi connectivity index (χ4v) is 3.29. The lowest BCUT2D eigenvalue weighted by Gasteiger charge is -2.14. The Hall–Kier alpha value is -1.34. The summed E-state index contributed by atoms with van der Waals surface area (Å²) in [5.41, 5.74) is 8.29. The minimum absolute atomic E-state index is 1.07. The third kappa shape index (κ3) is 1.83. The number of fused-ring (bicyclic) bond motifs is 1. The highest BCUT2D eigenvalue weighted by atomic mass is 79.9. The molecule has 0 aliphatic heterocycles. The Morgan fingerprint density at radius 1 is 1.00 bits per heavy atom. The minimum atomic E-state index is 1.07. The Bertz CT molecular complexity index is 651. The number of rotatable bonds is 1. The van der Waals surface area contributed by atoms with Crippen molar-refractivity contribution in [2.75, 3.05) is 0 Å². The molecule has 1 aliphatic carbocycles. The topological polar surface area (TPSA) is 0 Å². The number of hydrogen-bond acceptors (Lipinski definition) is 0. The Balaban J connectivity index is 2.27. The molecule has 0 amide bonds. The molecular formula is C17H15Br. The molecule has 0 nitrogen and oxygen atoms in total. The first-order valence-corrected chi connectivity index (χ1v) is 7.00. The summed E-state index contributed by atoms with van der Waals surface area (Å²) >= 11 is 3.72. The first kappa shape index (κ1) is 11.7. The summed E-state index contributed by atoms with van der Waals surface area (Å²) in [5, 5.41) is 0. The largest absolute Gasteiger partial charge is 0.0683 e. The highest BCUT2D eigenvalue weighted by molar-refractivity contribution is 9.10. The maximum absolute atomic E-state index is 3.72. The van der Waals surface area contributed by atoms with Crippen molar-refractivity contribution < 1.29 is 0 Å². The second-order valence-electron chi connectivity index (χ2n) is 4.97. The third-order valence-corrected chi connectivity index (χ3v) is 4.23. The molecule has 2 aromatic rings. The minimum Gasteiger partial charge on any atom is -0.0683 e. The van der Waals surface area contributed by atoms with Crippen LogP contribution >= 0.6 is 15.9 Å². The van der Waals surface area contributed by atoms with Gasteiger partial charge >= 0.3 is 0 Å². The van der Waals surface area contributed by atoms with Gasteiger partial charge < -0.3 is 0 Å². The van der Waals surface area contributed by atoms with Crippen LogP contribution in [0.2, 0.25) is 0 Å². The summed E-state index contributed by atoms with van der Waals surface area (Å²) in [5.74, 6) is 0. The van der Waals surface area contributed by atoms with Gasteiger partial charge in [0.2, 0.25) is 0 Å². The zero-order chi connectivity index (χ0) is 12.7. The van der Waals surface area contributed by atoms with Crippen LogP contribution in [-0.4, -0.2) is 0 Å². The summed E-state index contributed by atoms with van der Waals surface area (Å²) in [6.07, 6.45) is 3.36. The molecule has 0 aromatic heterocycles. The maximum Gasteiger partial charge on any atom is 0.0257 e. The van der Waals surface area contributed by atoms with E-state index in [-0.39, 0.29) is 0 Å². The summed E-state index contributed by atoms with van der Waals surface area (Å²) < 4.78 is 1.19. The van der Waals surface area contributed by atoms with Crippen molar-refractivity contribution in [2.24, 2.45) is 0 Å². The van der Waals surface area contributed by atoms with Crippen molar-refractivity contribution >= 4 is 22.0 Å². The standard InChI is InChI=1S/C17H15Br/c1-11-9-13-7-8-16(18)17(15(13)10-11)14-6-4-3-5-12(14)2/h3-9H,10H2,1-2H3. The van der Waals surface area contributed by atoms with Gasteiger partial charge in [0.15, 0.2) is 0 Å². The Morgan fingerprint density at radius 3 is 2.56 bits per heavy atom. The van der Waals surface area contributed by atoms with Crippen LogP contribution in [0.3, 0.4) is 0 Å². The summed E-state index contributed by atoms with van der Waals surface area (Å²) in [7, 11) is 0. The fraction of sp³-hybridized carbons (Fsp3) is 0.176. The van der Waals surface area contributed by atoms with Gasteiger partial charge in [-0.1, -0.05) is 57.9 Å². The van der Waals surface area contributed by atoms with Crippen LogP contribution in [0.5, 0.6) is 0 Å². The number of halogens is 1. The van der Waals surface area contributed by atoms with E-state index in [9.17, 15) is 0 Å². The molecule has 0 saturated heterocycles. The van der Waals surface area contributed by atoms with Gasteiger partial charge in [-0.25, -0.2) is 0 Å². The van der Waals surface area contributed by atoms with Crippen LogP contribution in [0.25, 0.3) is 17.2 Å². The van der Waals surface area contributed by atoms with E-state index >= 15 is 0 Å². The van der Waals surface area contributed by atoms with Crippen molar-refractivity contribution in [3.63, 3.8) is 0 Å². The van der Waals surface area contributed by atoms with Crippen molar-refractivity contribution in [2.45, 2.75) is 20.3 Å². The summed E-state index contributed by atoms with van der Waals surface area (Å²) in [4.78, 5) is 0. The highest BCUT2D eigenvalue weighted by Crippen LogP contribution is 2.39. The summed E-state index contributed by atoms with van der Waals surface area (Å²) in [6.45, 7) is 4.38. The number of aryl methyl sites for hydroxylation is 1. The average Bonchev–Trinajstić information content (AvgIpc) is 2.71. The molecule has 0 saturated carbocycles. The lowest BCUT2D eigenvalue weighted by atomic mass is 9.93. The highest BCUT2D eigenvalue weighted by Gasteiger charge is 2.18. The van der Waals surface area contributed by atoms with Crippen molar-refractivity contribution in [1.82, 2.24) is 0 Å². The van der Waals surface area contributed by atoms with Gasteiger partial charge in [-0.05, 0) is 48.6 Å². The van der Waals surface area contributed by atoms with Gasteiger partial charge in [0.05, 0.1) is 0 Å². The van der Waals surface area contributed by atoms with Crippen LogP contribution in [0.1, 0.15) is 23.6 Å². The first-order chi connectivity index (χ1) is 8.66. The second-order valence-corrected chi connectivity index (χ2v) is 5.83. The van der Waals surface area contributed by atoms with Gasteiger partial charge in [-0.2, -0.15) is 0 Å². The van der Waals surface area contributed by atoms with Crippen LogP contribution in [0.15, 0.2) is 46.4 Å². The van der Waals surface area contributed by atoms with Gasteiger partial charge in [0.1, 0.15) is 0 Å². The lowest BCUT2D eigenvalue weighted by molar-refractivity contribution is 1.19. The Kier molecular flexibility index (Phi) is 2.87. The average molecular weight is 299 g/mol. The van der Waals surface area contributed by atoms with Crippen molar-refractivity contribution in [1.29, 1.82) is 0 Å². The van der Waals surface area contributed by atoms with E-state index in [0.717, 1.165) is 6.42 Å². The molecule has 1 aliphatic rings. The number of benzene rings is 2. The van der Waals surface area contributed by atoms with Gasteiger partial charge in [-0.15, -0.1) is 0 Å². The predicted molar refractivity (Wildman–Crippen MR) is 81.7 cm³/mol. The van der Waals surface area contributed by atoms with E-state index in [0.29, 0.717) is 0 Å². The molecule has 0 atom stereocenters. The molecular weight excluding hydrogens is 284 g/mol. The smallest absolute Gasteiger partial charge is 0.0257 e. The normalized spacial score (nSPS) is 13.4. The van der Waals surface area contributed by atoms with E-state index in [1.807, 2.05) is 0 Å². The quantitative estimate of drug-likeness (QED) is 0.663. The van der Waals surface area contributed by atoms with Crippen molar-refractivity contribution in [3.05, 3.63) is 63.1 Å². The monoisotopic (exact) mass is 298 g/mol. The first-order valence-electron chi connectivity index (χ1n) is 6.21. The number of allylic oxidation sites excluding steroid dienone is 1. The molecule has 90 valence electrons. The molecule has 0 spiro atoms. The van der Waals surface area contributed by atoms with Gasteiger partial charge in [0.25, 0.3) is 0 Å². The SMILES string of the molecule is CC1=Cc2ccc(Br)c(-c3ccccc3C)c2C1. The maximum atomic E-state index is 3.72.